The molecule has 0 bridgehead atoms. The number of nitrogen functional groups attached to an aromatic ring is 1. The molecule has 0 aliphatic heterocycles. The Morgan fingerprint density at radius 2 is 1.89 bits per heavy atom. The van der Waals surface area contributed by atoms with Crippen molar-refractivity contribution in [2.75, 3.05) is 43.6 Å². The Labute approximate surface area is 162 Å². The van der Waals surface area contributed by atoms with E-state index in [0.717, 1.165) is 17.9 Å². The van der Waals surface area contributed by atoms with E-state index in [0.29, 0.717) is 17.2 Å². The van der Waals surface area contributed by atoms with Crippen molar-refractivity contribution in [1.29, 1.82) is 0 Å². The zero-order chi connectivity index (χ0) is 20.6. The molecule has 0 unspecified atom stereocenters. The number of aryl methyl sites for hydroxylation is 1. The third kappa shape index (κ3) is 7.52. The Balaban J connectivity index is 0.000000277. The third-order valence-electron chi connectivity index (χ3n) is 3.74. The van der Waals surface area contributed by atoms with Gasteiger partial charge in [0.1, 0.15) is 5.82 Å². The van der Waals surface area contributed by atoms with Crippen molar-refractivity contribution in [2.24, 2.45) is 5.41 Å². The Bertz CT molecular complexity index is 754. The highest BCUT2D eigenvalue weighted by Crippen LogP contribution is 2.18. The minimum absolute atomic E-state index is 0.110. The van der Waals surface area contributed by atoms with Crippen molar-refractivity contribution in [3.63, 3.8) is 0 Å². The highest BCUT2D eigenvalue weighted by Gasteiger charge is 2.14. The molecule has 1 amide bonds. The summed E-state index contributed by atoms with van der Waals surface area (Å²) < 4.78 is 0. The van der Waals surface area contributed by atoms with Gasteiger partial charge >= 0.3 is 0 Å². The molecular formula is C20H32N6O. The number of nitrogens with zero attached hydrogens (tertiary/aromatic N) is 3. The minimum Gasteiger partial charge on any atom is -0.398 e. The second-order valence-electron chi connectivity index (χ2n) is 7.56. The van der Waals surface area contributed by atoms with E-state index in [1.54, 1.807) is 25.4 Å². The van der Waals surface area contributed by atoms with E-state index in [1.807, 2.05) is 33.2 Å². The minimum atomic E-state index is -0.110. The predicted octanol–water partition coefficient (Wildman–Crippen LogP) is 2.94. The van der Waals surface area contributed by atoms with Crippen LogP contribution in [0.3, 0.4) is 0 Å². The normalized spacial score (nSPS) is 10.5. The van der Waals surface area contributed by atoms with Crippen LogP contribution in [0.15, 0.2) is 30.5 Å². The van der Waals surface area contributed by atoms with Crippen molar-refractivity contribution in [3.8, 4) is 0 Å². The lowest BCUT2D eigenvalue weighted by Crippen LogP contribution is -2.29. The van der Waals surface area contributed by atoms with Gasteiger partial charge in [0.15, 0.2) is 0 Å². The van der Waals surface area contributed by atoms with Crippen LogP contribution in [0.2, 0.25) is 0 Å². The van der Waals surface area contributed by atoms with Crippen LogP contribution < -0.4 is 21.3 Å². The van der Waals surface area contributed by atoms with Crippen molar-refractivity contribution < 1.29 is 4.79 Å². The Hall–Kier alpha value is -2.83. The SMILES string of the molecule is CNC(=O)c1ccc(C)c(N)c1.CNc1nccc(N(C)CC(C)(C)C)n1. The van der Waals surface area contributed by atoms with E-state index in [-0.39, 0.29) is 11.3 Å². The Morgan fingerprint density at radius 1 is 1.22 bits per heavy atom. The summed E-state index contributed by atoms with van der Waals surface area (Å²) in [5, 5.41) is 5.47. The monoisotopic (exact) mass is 372 g/mol. The first-order chi connectivity index (χ1) is 12.6. The molecule has 1 aromatic carbocycles. The van der Waals surface area contributed by atoms with Crippen LogP contribution in [0.25, 0.3) is 0 Å². The average Bonchev–Trinajstić information content (AvgIpc) is 2.62. The number of hydrogen-bond donors (Lipinski definition) is 3. The van der Waals surface area contributed by atoms with Gasteiger partial charge in [-0.05, 0) is 36.1 Å². The molecule has 7 nitrogen and oxygen atoms in total. The van der Waals surface area contributed by atoms with Crippen molar-refractivity contribution >= 4 is 23.4 Å². The molecule has 1 aromatic heterocycles. The van der Waals surface area contributed by atoms with E-state index in [9.17, 15) is 4.79 Å². The summed E-state index contributed by atoms with van der Waals surface area (Å²) in [6.07, 6.45) is 1.77. The van der Waals surface area contributed by atoms with Gasteiger partial charge in [-0.25, -0.2) is 4.98 Å². The molecule has 148 valence electrons. The Morgan fingerprint density at radius 3 is 2.41 bits per heavy atom. The number of hydrogen-bond acceptors (Lipinski definition) is 6. The van der Waals surface area contributed by atoms with E-state index in [4.69, 9.17) is 5.73 Å². The van der Waals surface area contributed by atoms with Crippen LogP contribution in [0.5, 0.6) is 0 Å². The maximum Gasteiger partial charge on any atom is 0.251 e. The molecule has 2 rings (SSSR count). The van der Waals surface area contributed by atoms with Crippen LogP contribution in [0.1, 0.15) is 36.7 Å². The number of nitrogens with two attached hydrogens (primary N) is 1. The highest BCUT2D eigenvalue weighted by molar-refractivity contribution is 5.94. The first kappa shape index (κ1) is 22.2. The van der Waals surface area contributed by atoms with Crippen LogP contribution in [0, 0.1) is 12.3 Å². The van der Waals surface area contributed by atoms with Gasteiger partial charge in [0.25, 0.3) is 5.91 Å². The molecule has 0 aliphatic rings. The van der Waals surface area contributed by atoms with Gasteiger partial charge in [0, 0.05) is 45.1 Å². The summed E-state index contributed by atoms with van der Waals surface area (Å²) in [5.74, 6) is 1.50. The number of aromatic nitrogens is 2. The standard InChI is InChI=1S/C11H20N4.C9H12N2O/c1-11(2,3)8-15(5)9-6-7-13-10(12-4)14-9;1-6-3-4-7(5-8(6)10)9(12)11-2/h6-7H,8H2,1-5H3,(H,12,13,14);3-5H,10H2,1-2H3,(H,11,12). The number of carbonyl (C=O) groups excluding carboxylic acids is 1. The van der Waals surface area contributed by atoms with Gasteiger partial charge in [-0.15, -0.1) is 0 Å². The molecule has 4 N–H and O–H groups in total. The highest BCUT2D eigenvalue weighted by atomic mass is 16.1. The third-order valence-corrected chi connectivity index (χ3v) is 3.74. The number of anilines is 3. The molecule has 0 atom stereocenters. The molecular weight excluding hydrogens is 340 g/mol. The molecule has 1 heterocycles. The molecule has 0 saturated carbocycles. The van der Waals surface area contributed by atoms with Gasteiger partial charge in [-0.3, -0.25) is 4.79 Å². The smallest absolute Gasteiger partial charge is 0.251 e. The fourth-order valence-corrected chi connectivity index (χ4v) is 2.40. The molecule has 0 fully saturated rings. The first-order valence-corrected chi connectivity index (χ1v) is 8.87. The zero-order valence-electron chi connectivity index (χ0n) is 17.4. The van der Waals surface area contributed by atoms with E-state index >= 15 is 0 Å². The first-order valence-electron chi connectivity index (χ1n) is 8.87. The number of carbonyl (C=O) groups is 1. The summed E-state index contributed by atoms with van der Waals surface area (Å²) in [6.45, 7) is 9.51. The molecule has 2 aromatic rings. The zero-order valence-corrected chi connectivity index (χ0v) is 17.4. The Kier molecular flexibility index (Phi) is 8.02. The van der Waals surface area contributed by atoms with Gasteiger partial charge in [-0.2, -0.15) is 4.98 Å². The second-order valence-corrected chi connectivity index (χ2v) is 7.56. The van der Waals surface area contributed by atoms with Gasteiger partial charge in [-0.1, -0.05) is 26.8 Å². The lowest BCUT2D eigenvalue weighted by Gasteiger charge is -2.27. The van der Waals surface area contributed by atoms with E-state index in [2.05, 4.69) is 46.3 Å². The molecule has 7 heteroatoms. The van der Waals surface area contributed by atoms with Crippen molar-refractivity contribution in [1.82, 2.24) is 15.3 Å². The number of rotatable bonds is 4. The number of benzene rings is 1. The largest absolute Gasteiger partial charge is 0.398 e. The van der Waals surface area contributed by atoms with E-state index in [1.165, 1.54) is 0 Å². The lowest BCUT2D eigenvalue weighted by atomic mass is 9.96. The topological polar surface area (TPSA) is 96.2 Å². The summed E-state index contributed by atoms with van der Waals surface area (Å²) in [5.41, 5.74) is 8.13. The maximum atomic E-state index is 11.1. The summed E-state index contributed by atoms with van der Waals surface area (Å²) in [4.78, 5) is 21.7. The van der Waals surface area contributed by atoms with Crippen LogP contribution >= 0.6 is 0 Å². The second kappa shape index (κ2) is 9.75. The quantitative estimate of drug-likeness (QED) is 0.714. The lowest BCUT2D eigenvalue weighted by molar-refractivity contribution is 0.0963. The van der Waals surface area contributed by atoms with Crippen molar-refractivity contribution in [2.45, 2.75) is 27.7 Å². The average molecular weight is 373 g/mol. The van der Waals surface area contributed by atoms with E-state index < -0.39 is 0 Å². The molecule has 0 aliphatic carbocycles. The molecule has 0 saturated heterocycles. The summed E-state index contributed by atoms with van der Waals surface area (Å²) >= 11 is 0. The fourth-order valence-electron chi connectivity index (χ4n) is 2.40. The number of amides is 1. The van der Waals surface area contributed by atoms with Crippen LogP contribution in [-0.4, -0.2) is 43.6 Å². The fraction of sp³-hybridized carbons (Fsp3) is 0.450. The predicted molar refractivity (Wildman–Crippen MR) is 113 cm³/mol. The van der Waals surface area contributed by atoms with Gasteiger partial charge < -0.3 is 21.3 Å². The maximum absolute atomic E-state index is 11.1. The molecule has 27 heavy (non-hydrogen) atoms. The van der Waals surface area contributed by atoms with Gasteiger partial charge in [0.05, 0.1) is 0 Å². The molecule has 0 radical (unpaired) electrons. The van der Waals surface area contributed by atoms with Crippen molar-refractivity contribution in [3.05, 3.63) is 41.6 Å². The van der Waals surface area contributed by atoms with Crippen LogP contribution in [0.4, 0.5) is 17.5 Å². The molecule has 0 spiro atoms. The number of nitrogens with one attached hydrogen (secondary N) is 2. The van der Waals surface area contributed by atoms with Crippen LogP contribution in [-0.2, 0) is 0 Å². The van der Waals surface area contributed by atoms with Gasteiger partial charge in [0.2, 0.25) is 5.95 Å². The summed E-state index contributed by atoms with van der Waals surface area (Å²) in [6, 6.07) is 7.19. The summed E-state index contributed by atoms with van der Waals surface area (Å²) in [7, 11) is 5.47.